The molecule has 2 heterocycles. The normalized spacial score (nSPS) is 25.5. The number of carbonyl (C=O) groups is 1. The number of likely N-dealkylation sites (tertiary alicyclic amines) is 1. The van der Waals surface area contributed by atoms with Crippen LogP contribution in [0.5, 0.6) is 0 Å². The number of carbonyl (C=O) groups excluding carboxylic acids is 1. The van der Waals surface area contributed by atoms with Gasteiger partial charge in [-0.15, -0.1) is 12.4 Å². The van der Waals surface area contributed by atoms with Gasteiger partial charge in [0, 0.05) is 24.9 Å². The van der Waals surface area contributed by atoms with Crippen molar-refractivity contribution in [3.05, 3.63) is 35.6 Å². The highest BCUT2D eigenvalue weighted by Gasteiger charge is 2.34. The standard InChI is InChI=1S/C20H29FN2O.ClH/c1-14(16-7-9-22-10-8-16)11-20(24)23-13-18(12-15(23)2)17-3-5-19(21)6-4-17;/h3-6,14-16,18,22H,7-13H2,1-2H3;1H. The van der Waals surface area contributed by atoms with Crippen LogP contribution in [-0.2, 0) is 4.79 Å². The van der Waals surface area contributed by atoms with Crippen LogP contribution in [0.4, 0.5) is 4.39 Å². The second kappa shape index (κ2) is 9.00. The van der Waals surface area contributed by atoms with Crippen LogP contribution in [0.15, 0.2) is 24.3 Å². The first kappa shape index (κ1) is 20.2. The van der Waals surface area contributed by atoms with E-state index in [1.165, 1.54) is 25.0 Å². The Morgan fingerprint density at radius 3 is 2.56 bits per heavy atom. The molecule has 3 rings (SSSR count). The number of rotatable bonds is 4. The average molecular weight is 369 g/mol. The van der Waals surface area contributed by atoms with Gasteiger partial charge in [-0.2, -0.15) is 0 Å². The molecule has 0 aliphatic carbocycles. The van der Waals surface area contributed by atoms with Gasteiger partial charge in [0.1, 0.15) is 5.82 Å². The predicted octanol–water partition coefficient (Wildman–Crippen LogP) is 3.98. The van der Waals surface area contributed by atoms with E-state index in [-0.39, 0.29) is 30.2 Å². The van der Waals surface area contributed by atoms with Crippen LogP contribution < -0.4 is 5.32 Å². The van der Waals surface area contributed by atoms with Crippen molar-refractivity contribution in [2.45, 2.75) is 51.5 Å². The van der Waals surface area contributed by atoms with Gasteiger partial charge in [-0.05, 0) is 68.8 Å². The molecule has 2 aliphatic heterocycles. The first-order valence-corrected chi connectivity index (χ1v) is 9.30. The summed E-state index contributed by atoms with van der Waals surface area (Å²) in [4.78, 5) is 14.8. The Balaban J connectivity index is 0.00000225. The minimum atomic E-state index is -0.200. The molecule has 3 atom stereocenters. The number of piperidine rings is 1. The fraction of sp³-hybridized carbons (Fsp3) is 0.650. The van der Waals surface area contributed by atoms with E-state index in [4.69, 9.17) is 0 Å². The van der Waals surface area contributed by atoms with E-state index in [9.17, 15) is 9.18 Å². The van der Waals surface area contributed by atoms with Crippen molar-refractivity contribution in [1.82, 2.24) is 10.2 Å². The van der Waals surface area contributed by atoms with Gasteiger partial charge in [-0.1, -0.05) is 19.1 Å². The summed E-state index contributed by atoms with van der Waals surface area (Å²) in [5.74, 6) is 1.54. The highest BCUT2D eigenvalue weighted by atomic mass is 35.5. The van der Waals surface area contributed by atoms with Crippen LogP contribution in [-0.4, -0.2) is 36.5 Å². The lowest BCUT2D eigenvalue weighted by atomic mass is 9.84. The molecule has 2 fully saturated rings. The summed E-state index contributed by atoms with van der Waals surface area (Å²) >= 11 is 0. The van der Waals surface area contributed by atoms with Crippen molar-refractivity contribution in [2.75, 3.05) is 19.6 Å². The van der Waals surface area contributed by atoms with E-state index < -0.39 is 0 Å². The maximum absolute atomic E-state index is 13.1. The lowest BCUT2D eigenvalue weighted by molar-refractivity contribution is -0.133. The molecular weight excluding hydrogens is 339 g/mol. The number of amides is 1. The molecule has 25 heavy (non-hydrogen) atoms. The molecule has 1 aromatic carbocycles. The monoisotopic (exact) mass is 368 g/mol. The second-order valence-electron chi connectivity index (χ2n) is 7.65. The van der Waals surface area contributed by atoms with E-state index in [2.05, 4.69) is 19.2 Å². The zero-order valence-corrected chi connectivity index (χ0v) is 16.0. The minimum absolute atomic E-state index is 0. The van der Waals surface area contributed by atoms with Crippen molar-refractivity contribution < 1.29 is 9.18 Å². The predicted molar refractivity (Wildman–Crippen MR) is 102 cm³/mol. The number of hydrogen-bond acceptors (Lipinski definition) is 2. The fourth-order valence-corrected chi connectivity index (χ4v) is 4.33. The molecular formula is C20H30ClFN2O. The van der Waals surface area contributed by atoms with Crippen LogP contribution in [0.2, 0.25) is 0 Å². The van der Waals surface area contributed by atoms with Crippen LogP contribution in [0.3, 0.4) is 0 Å². The van der Waals surface area contributed by atoms with E-state index in [1.54, 1.807) is 0 Å². The molecule has 0 saturated carbocycles. The summed E-state index contributed by atoms with van der Waals surface area (Å²) < 4.78 is 13.1. The van der Waals surface area contributed by atoms with Crippen molar-refractivity contribution in [3.63, 3.8) is 0 Å². The smallest absolute Gasteiger partial charge is 0.223 e. The van der Waals surface area contributed by atoms with Crippen molar-refractivity contribution in [2.24, 2.45) is 11.8 Å². The zero-order valence-electron chi connectivity index (χ0n) is 15.2. The fourth-order valence-electron chi connectivity index (χ4n) is 4.33. The Kier molecular flexibility index (Phi) is 7.26. The van der Waals surface area contributed by atoms with Gasteiger partial charge < -0.3 is 10.2 Å². The third kappa shape index (κ3) is 4.95. The summed E-state index contributed by atoms with van der Waals surface area (Å²) in [6.07, 6.45) is 3.99. The average Bonchev–Trinajstić information content (AvgIpc) is 2.98. The van der Waals surface area contributed by atoms with Crippen molar-refractivity contribution in [3.8, 4) is 0 Å². The molecule has 0 radical (unpaired) electrons. The van der Waals surface area contributed by atoms with Crippen molar-refractivity contribution in [1.29, 1.82) is 0 Å². The molecule has 0 spiro atoms. The van der Waals surface area contributed by atoms with Gasteiger partial charge in [0.2, 0.25) is 5.91 Å². The summed E-state index contributed by atoms with van der Waals surface area (Å²) in [6, 6.07) is 7.03. The minimum Gasteiger partial charge on any atom is -0.339 e. The molecule has 0 aromatic heterocycles. The van der Waals surface area contributed by atoms with Crippen LogP contribution in [0.25, 0.3) is 0 Å². The van der Waals surface area contributed by atoms with E-state index in [1.807, 2.05) is 17.0 Å². The number of nitrogens with one attached hydrogen (secondary N) is 1. The van der Waals surface area contributed by atoms with Gasteiger partial charge in [-0.25, -0.2) is 4.39 Å². The summed E-state index contributed by atoms with van der Waals surface area (Å²) in [5.41, 5.74) is 1.14. The molecule has 3 nitrogen and oxygen atoms in total. The second-order valence-corrected chi connectivity index (χ2v) is 7.65. The topological polar surface area (TPSA) is 32.3 Å². The molecule has 5 heteroatoms. The lowest BCUT2D eigenvalue weighted by Crippen LogP contribution is -2.37. The van der Waals surface area contributed by atoms with Crippen molar-refractivity contribution >= 4 is 18.3 Å². The Hall–Kier alpha value is -1.13. The molecule has 140 valence electrons. The molecule has 2 aliphatic rings. The van der Waals surface area contributed by atoms with Gasteiger partial charge in [-0.3, -0.25) is 4.79 Å². The number of nitrogens with zero attached hydrogens (tertiary/aromatic N) is 1. The summed E-state index contributed by atoms with van der Waals surface area (Å²) in [6.45, 7) is 7.29. The maximum atomic E-state index is 13.1. The Labute approximate surface area is 156 Å². The van der Waals surface area contributed by atoms with Crippen LogP contribution >= 0.6 is 12.4 Å². The first-order chi connectivity index (χ1) is 11.5. The quantitative estimate of drug-likeness (QED) is 0.871. The molecule has 1 N–H and O–H groups in total. The molecule has 0 bridgehead atoms. The highest BCUT2D eigenvalue weighted by molar-refractivity contribution is 5.85. The molecule has 2 saturated heterocycles. The van der Waals surface area contributed by atoms with Gasteiger partial charge in [0.05, 0.1) is 0 Å². The third-order valence-electron chi connectivity index (χ3n) is 5.92. The Bertz CT molecular complexity index is 559. The Morgan fingerprint density at radius 2 is 1.92 bits per heavy atom. The van der Waals surface area contributed by atoms with Crippen LogP contribution in [0, 0.1) is 17.7 Å². The Morgan fingerprint density at radius 1 is 1.28 bits per heavy atom. The molecule has 1 aromatic rings. The van der Waals surface area contributed by atoms with Gasteiger partial charge in [0.25, 0.3) is 0 Å². The summed E-state index contributed by atoms with van der Waals surface area (Å²) in [7, 11) is 0. The van der Waals surface area contributed by atoms with E-state index in [0.717, 1.165) is 31.6 Å². The van der Waals surface area contributed by atoms with Gasteiger partial charge in [0.15, 0.2) is 0 Å². The highest BCUT2D eigenvalue weighted by Crippen LogP contribution is 2.33. The number of hydrogen-bond donors (Lipinski definition) is 1. The van der Waals surface area contributed by atoms with E-state index >= 15 is 0 Å². The number of halogens is 2. The zero-order chi connectivity index (χ0) is 17.1. The number of benzene rings is 1. The molecule has 3 unspecified atom stereocenters. The molecule has 1 amide bonds. The summed E-state index contributed by atoms with van der Waals surface area (Å²) in [5, 5.41) is 3.39. The largest absolute Gasteiger partial charge is 0.339 e. The van der Waals surface area contributed by atoms with Crippen LogP contribution in [0.1, 0.15) is 51.0 Å². The SMILES string of the molecule is CC(CC(=O)N1CC(c2ccc(F)cc2)CC1C)C1CCNCC1.Cl. The lowest BCUT2D eigenvalue weighted by Gasteiger charge is -2.30. The third-order valence-corrected chi connectivity index (χ3v) is 5.92. The maximum Gasteiger partial charge on any atom is 0.223 e. The first-order valence-electron chi connectivity index (χ1n) is 9.30. The van der Waals surface area contributed by atoms with Gasteiger partial charge >= 0.3 is 0 Å². The van der Waals surface area contributed by atoms with E-state index in [0.29, 0.717) is 24.2 Å².